The van der Waals surface area contributed by atoms with E-state index in [1.807, 2.05) is 0 Å². The lowest BCUT2D eigenvalue weighted by Crippen LogP contribution is -2.20. The Balaban J connectivity index is 2.35. The van der Waals surface area contributed by atoms with Crippen molar-refractivity contribution in [2.45, 2.75) is 19.8 Å². The van der Waals surface area contributed by atoms with E-state index in [1.165, 1.54) is 22.3 Å². The van der Waals surface area contributed by atoms with Crippen molar-refractivity contribution in [2.75, 3.05) is 20.6 Å². The predicted molar refractivity (Wildman–Crippen MR) is 86.2 cm³/mol. The average molecular weight is 274 g/mol. The maximum atomic E-state index is 5.88. The maximum absolute atomic E-state index is 5.88. The number of nitrogens with zero attached hydrogens (tertiary/aromatic N) is 1. The Labute approximate surface area is 121 Å². The van der Waals surface area contributed by atoms with E-state index in [4.69, 9.17) is 18.0 Å². The van der Waals surface area contributed by atoms with Gasteiger partial charge in [0.25, 0.3) is 0 Å². The van der Waals surface area contributed by atoms with Crippen LogP contribution in [0.2, 0.25) is 0 Å². The normalized spacial score (nSPS) is 15.8. The fourth-order valence-electron chi connectivity index (χ4n) is 2.72. The summed E-state index contributed by atoms with van der Waals surface area (Å²) in [7, 11) is 4.22. The Bertz CT molecular complexity index is 517. The highest BCUT2D eigenvalue weighted by Crippen LogP contribution is 2.39. The van der Waals surface area contributed by atoms with Gasteiger partial charge in [0.1, 0.15) is 0 Å². The molecule has 2 rings (SSSR count). The largest absolute Gasteiger partial charge is 0.393 e. The van der Waals surface area contributed by atoms with Gasteiger partial charge in [0.15, 0.2) is 0 Å². The van der Waals surface area contributed by atoms with Crippen LogP contribution < -0.4 is 5.73 Å². The van der Waals surface area contributed by atoms with Gasteiger partial charge in [-0.15, -0.1) is 0 Å². The fourth-order valence-corrected chi connectivity index (χ4v) is 2.83. The van der Waals surface area contributed by atoms with E-state index in [-0.39, 0.29) is 5.92 Å². The molecule has 0 aromatic heterocycles. The quantitative estimate of drug-likeness (QED) is 0.837. The number of benzene rings is 1. The minimum Gasteiger partial charge on any atom is -0.393 e. The van der Waals surface area contributed by atoms with Gasteiger partial charge >= 0.3 is 0 Å². The minimum atomic E-state index is 0.163. The Morgan fingerprint density at radius 3 is 2.68 bits per heavy atom. The summed E-state index contributed by atoms with van der Waals surface area (Å²) in [6, 6.07) is 8.61. The number of fused-ring (bicyclic) bond motifs is 1. The number of thiocarbonyl (C=S) groups is 1. The van der Waals surface area contributed by atoms with Crippen molar-refractivity contribution in [3.8, 4) is 0 Å². The van der Waals surface area contributed by atoms with Gasteiger partial charge in [-0.1, -0.05) is 49.0 Å². The van der Waals surface area contributed by atoms with E-state index < -0.39 is 0 Å². The number of hydrogen-bond acceptors (Lipinski definition) is 2. The standard InChI is InChI=1S/C16H22N2S/c1-11(16(17)19)15-13(8-9-18(2)3)10-12-6-4-5-7-14(12)15/h4-7,11H,8-10H2,1-3H3,(H2,17,19). The lowest BCUT2D eigenvalue weighted by atomic mass is 9.92. The molecule has 2 nitrogen and oxygen atoms in total. The van der Waals surface area contributed by atoms with Crippen LogP contribution in [0, 0.1) is 5.92 Å². The predicted octanol–water partition coefficient (Wildman–Crippen LogP) is 2.87. The van der Waals surface area contributed by atoms with Gasteiger partial charge in [-0.25, -0.2) is 0 Å². The molecule has 1 aliphatic rings. The second-order valence-corrected chi connectivity index (χ2v) is 6.00. The zero-order chi connectivity index (χ0) is 14.0. The van der Waals surface area contributed by atoms with E-state index in [0.29, 0.717) is 4.99 Å². The van der Waals surface area contributed by atoms with Gasteiger partial charge in [-0.3, -0.25) is 0 Å². The van der Waals surface area contributed by atoms with E-state index in [2.05, 4.69) is 50.2 Å². The van der Waals surface area contributed by atoms with Crippen molar-refractivity contribution in [1.82, 2.24) is 4.90 Å². The summed E-state index contributed by atoms with van der Waals surface area (Å²) >= 11 is 5.21. The molecule has 0 fully saturated rings. The zero-order valence-electron chi connectivity index (χ0n) is 11.9. The van der Waals surface area contributed by atoms with E-state index in [1.54, 1.807) is 0 Å². The molecule has 0 saturated heterocycles. The van der Waals surface area contributed by atoms with Crippen molar-refractivity contribution in [2.24, 2.45) is 11.7 Å². The van der Waals surface area contributed by atoms with Crippen molar-refractivity contribution < 1.29 is 0 Å². The van der Waals surface area contributed by atoms with Crippen LogP contribution in [0.1, 0.15) is 24.5 Å². The molecule has 1 unspecified atom stereocenters. The first kappa shape index (κ1) is 14.2. The number of rotatable bonds is 5. The Hall–Kier alpha value is -1.19. The third-order valence-electron chi connectivity index (χ3n) is 3.81. The molecule has 19 heavy (non-hydrogen) atoms. The molecule has 0 radical (unpaired) electrons. The average Bonchev–Trinajstić information content (AvgIpc) is 2.73. The number of nitrogens with two attached hydrogens (primary N) is 1. The van der Waals surface area contributed by atoms with E-state index >= 15 is 0 Å². The van der Waals surface area contributed by atoms with Gasteiger partial charge in [-0.05, 0) is 43.6 Å². The highest BCUT2D eigenvalue weighted by molar-refractivity contribution is 7.80. The van der Waals surface area contributed by atoms with Crippen LogP contribution in [-0.4, -0.2) is 30.5 Å². The molecule has 0 aliphatic heterocycles. The monoisotopic (exact) mass is 274 g/mol. The van der Waals surface area contributed by atoms with Crippen molar-refractivity contribution in [3.05, 3.63) is 41.0 Å². The highest BCUT2D eigenvalue weighted by atomic mass is 32.1. The van der Waals surface area contributed by atoms with Crippen LogP contribution in [0.5, 0.6) is 0 Å². The van der Waals surface area contributed by atoms with Crippen molar-refractivity contribution >= 4 is 22.8 Å². The first-order chi connectivity index (χ1) is 9.00. The molecule has 1 atom stereocenters. The molecule has 0 saturated carbocycles. The molecule has 1 aliphatic carbocycles. The van der Waals surface area contributed by atoms with Crippen LogP contribution in [0.3, 0.4) is 0 Å². The van der Waals surface area contributed by atoms with E-state index in [0.717, 1.165) is 19.4 Å². The third-order valence-corrected chi connectivity index (χ3v) is 4.17. The van der Waals surface area contributed by atoms with Crippen LogP contribution >= 0.6 is 12.2 Å². The lowest BCUT2D eigenvalue weighted by molar-refractivity contribution is 0.412. The fraction of sp³-hybridized carbons (Fsp3) is 0.438. The van der Waals surface area contributed by atoms with Crippen LogP contribution in [0.15, 0.2) is 29.8 Å². The molecule has 0 spiro atoms. The summed E-state index contributed by atoms with van der Waals surface area (Å²) in [5, 5.41) is 0. The first-order valence-corrected chi connectivity index (χ1v) is 7.15. The minimum absolute atomic E-state index is 0.163. The summed E-state index contributed by atoms with van der Waals surface area (Å²) in [6.07, 6.45) is 2.14. The lowest BCUT2D eigenvalue weighted by Gasteiger charge is -2.17. The summed E-state index contributed by atoms with van der Waals surface area (Å²) < 4.78 is 0. The molecule has 0 heterocycles. The molecular weight excluding hydrogens is 252 g/mol. The second kappa shape index (κ2) is 5.85. The first-order valence-electron chi connectivity index (χ1n) is 6.75. The van der Waals surface area contributed by atoms with Gasteiger partial charge in [0.2, 0.25) is 0 Å². The van der Waals surface area contributed by atoms with Crippen LogP contribution in [0.4, 0.5) is 0 Å². The summed E-state index contributed by atoms with van der Waals surface area (Å²) in [5.74, 6) is 0.163. The third kappa shape index (κ3) is 3.04. The Kier molecular flexibility index (Phi) is 4.38. The molecular formula is C16H22N2S. The Morgan fingerprint density at radius 2 is 2.05 bits per heavy atom. The van der Waals surface area contributed by atoms with Crippen LogP contribution in [-0.2, 0) is 6.42 Å². The summed E-state index contributed by atoms with van der Waals surface area (Å²) in [6.45, 7) is 3.19. The van der Waals surface area contributed by atoms with Crippen molar-refractivity contribution in [1.29, 1.82) is 0 Å². The van der Waals surface area contributed by atoms with Gasteiger partial charge in [0.05, 0.1) is 4.99 Å². The summed E-state index contributed by atoms with van der Waals surface area (Å²) in [5.41, 5.74) is 11.5. The Morgan fingerprint density at radius 1 is 1.37 bits per heavy atom. The smallest absolute Gasteiger partial charge is 0.0800 e. The molecule has 1 aromatic carbocycles. The summed E-state index contributed by atoms with van der Waals surface area (Å²) in [4.78, 5) is 2.81. The maximum Gasteiger partial charge on any atom is 0.0800 e. The van der Waals surface area contributed by atoms with Crippen LogP contribution in [0.25, 0.3) is 5.57 Å². The highest BCUT2D eigenvalue weighted by Gasteiger charge is 2.25. The molecule has 1 aromatic rings. The van der Waals surface area contributed by atoms with Gasteiger partial charge in [-0.2, -0.15) is 0 Å². The van der Waals surface area contributed by atoms with Gasteiger partial charge < -0.3 is 10.6 Å². The molecule has 3 heteroatoms. The zero-order valence-corrected chi connectivity index (χ0v) is 12.8. The van der Waals surface area contributed by atoms with E-state index in [9.17, 15) is 0 Å². The topological polar surface area (TPSA) is 29.3 Å². The second-order valence-electron chi connectivity index (χ2n) is 5.53. The van der Waals surface area contributed by atoms with Crippen molar-refractivity contribution in [3.63, 3.8) is 0 Å². The molecule has 102 valence electrons. The number of hydrogen-bond donors (Lipinski definition) is 1. The molecule has 2 N–H and O–H groups in total. The molecule has 0 amide bonds. The molecule has 0 bridgehead atoms. The van der Waals surface area contributed by atoms with Gasteiger partial charge in [0, 0.05) is 12.5 Å². The SMILES string of the molecule is CC(C(N)=S)C1=C(CCN(C)C)Cc2ccccc21.